The molecule has 0 bridgehead atoms. The second-order valence-corrected chi connectivity index (χ2v) is 5.26. The minimum absolute atomic E-state index is 0.298. The van der Waals surface area contributed by atoms with E-state index in [0.717, 1.165) is 30.8 Å². The molecule has 1 heterocycles. The number of fused-ring (bicyclic) bond motifs is 1. The summed E-state index contributed by atoms with van der Waals surface area (Å²) in [5.74, 6) is 1.68. The lowest BCUT2D eigenvalue weighted by Gasteiger charge is -2.20. The second-order valence-electron chi connectivity index (χ2n) is 5.26. The molecule has 0 amide bonds. The number of nitriles is 1. The van der Waals surface area contributed by atoms with Gasteiger partial charge in [-0.1, -0.05) is 13.0 Å². The largest absolute Gasteiger partial charge is 0.454 e. The molecule has 20 heavy (non-hydrogen) atoms. The molecule has 0 aromatic heterocycles. The first-order valence-corrected chi connectivity index (χ1v) is 7.24. The maximum atomic E-state index is 8.76. The Bertz CT molecular complexity index is 482. The topological polar surface area (TPSA) is 54.3 Å². The Morgan fingerprint density at radius 2 is 2.15 bits per heavy atom. The standard InChI is InChI=1S/C16H22N2O2/c1-3-14(8-9-17)18-12(2)4-5-13-6-7-15-16(10-13)20-11-19-15/h6-7,10,12,14,18H,3-5,8,11H2,1-2H3. The van der Waals surface area contributed by atoms with Crippen LogP contribution in [0.1, 0.15) is 38.7 Å². The van der Waals surface area contributed by atoms with Gasteiger partial charge in [-0.2, -0.15) is 5.26 Å². The SMILES string of the molecule is CCC(CC#N)NC(C)CCc1ccc2c(c1)OCO2. The molecule has 1 N–H and O–H groups in total. The van der Waals surface area contributed by atoms with Gasteiger partial charge in [-0.05, 0) is 43.9 Å². The summed E-state index contributed by atoms with van der Waals surface area (Å²) in [7, 11) is 0. The number of hydrogen-bond donors (Lipinski definition) is 1. The summed E-state index contributed by atoms with van der Waals surface area (Å²) in [6.07, 6.45) is 3.60. The van der Waals surface area contributed by atoms with E-state index in [1.54, 1.807) is 0 Å². The van der Waals surface area contributed by atoms with Crippen LogP contribution in [0.15, 0.2) is 18.2 Å². The summed E-state index contributed by atoms with van der Waals surface area (Å²) in [6.45, 7) is 4.61. The molecule has 4 nitrogen and oxygen atoms in total. The van der Waals surface area contributed by atoms with E-state index < -0.39 is 0 Å². The van der Waals surface area contributed by atoms with Crippen molar-refractivity contribution < 1.29 is 9.47 Å². The first kappa shape index (κ1) is 14.7. The smallest absolute Gasteiger partial charge is 0.231 e. The molecule has 1 aromatic rings. The van der Waals surface area contributed by atoms with E-state index in [2.05, 4.69) is 37.4 Å². The number of nitrogens with zero attached hydrogens (tertiary/aromatic N) is 1. The fraction of sp³-hybridized carbons (Fsp3) is 0.562. The molecule has 2 rings (SSSR count). The van der Waals surface area contributed by atoms with Gasteiger partial charge in [0, 0.05) is 12.1 Å². The average molecular weight is 274 g/mol. The molecule has 0 fully saturated rings. The van der Waals surface area contributed by atoms with Gasteiger partial charge in [0.2, 0.25) is 6.79 Å². The van der Waals surface area contributed by atoms with Gasteiger partial charge in [-0.25, -0.2) is 0 Å². The fourth-order valence-corrected chi connectivity index (χ4v) is 2.40. The van der Waals surface area contributed by atoms with Crippen LogP contribution in [0.3, 0.4) is 0 Å². The minimum atomic E-state index is 0.298. The van der Waals surface area contributed by atoms with Gasteiger partial charge in [-0.15, -0.1) is 0 Å². The summed E-state index contributed by atoms with van der Waals surface area (Å²) in [5.41, 5.74) is 1.26. The van der Waals surface area contributed by atoms with Crippen LogP contribution < -0.4 is 14.8 Å². The quantitative estimate of drug-likeness (QED) is 0.830. The number of hydrogen-bond acceptors (Lipinski definition) is 4. The van der Waals surface area contributed by atoms with Crippen molar-refractivity contribution in [2.45, 2.75) is 51.6 Å². The molecule has 0 saturated carbocycles. The summed E-state index contributed by atoms with van der Waals surface area (Å²) < 4.78 is 10.7. The van der Waals surface area contributed by atoms with E-state index in [1.807, 2.05) is 6.07 Å². The van der Waals surface area contributed by atoms with Crippen molar-refractivity contribution >= 4 is 0 Å². The summed E-state index contributed by atoms with van der Waals surface area (Å²) in [4.78, 5) is 0. The number of nitrogens with one attached hydrogen (secondary N) is 1. The number of rotatable bonds is 7. The number of benzene rings is 1. The van der Waals surface area contributed by atoms with Gasteiger partial charge < -0.3 is 14.8 Å². The van der Waals surface area contributed by atoms with Crippen LogP contribution >= 0.6 is 0 Å². The van der Waals surface area contributed by atoms with Crippen molar-refractivity contribution in [3.8, 4) is 17.6 Å². The minimum Gasteiger partial charge on any atom is -0.454 e. The van der Waals surface area contributed by atoms with Crippen molar-refractivity contribution in [2.75, 3.05) is 6.79 Å². The molecule has 0 aliphatic carbocycles. The fourth-order valence-electron chi connectivity index (χ4n) is 2.40. The van der Waals surface area contributed by atoms with Gasteiger partial charge in [-0.3, -0.25) is 0 Å². The van der Waals surface area contributed by atoms with Crippen molar-refractivity contribution in [1.29, 1.82) is 5.26 Å². The van der Waals surface area contributed by atoms with E-state index in [9.17, 15) is 0 Å². The zero-order chi connectivity index (χ0) is 14.4. The third kappa shape index (κ3) is 3.88. The lowest BCUT2D eigenvalue weighted by Crippen LogP contribution is -2.36. The van der Waals surface area contributed by atoms with E-state index >= 15 is 0 Å². The number of ether oxygens (including phenoxy) is 2. The zero-order valence-electron chi connectivity index (χ0n) is 12.2. The Hall–Kier alpha value is -1.73. The highest BCUT2D eigenvalue weighted by atomic mass is 16.7. The van der Waals surface area contributed by atoms with E-state index in [1.165, 1.54) is 5.56 Å². The van der Waals surface area contributed by atoms with Crippen molar-refractivity contribution in [1.82, 2.24) is 5.32 Å². The highest BCUT2D eigenvalue weighted by Crippen LogP contribution is 2.32. The van der Waals surface area contributed by atoms with E-state index in [0.29, 0.717) is 25.3 Å². The Morgan fingerprint density at radius 3 is 2.90 bits per heavy atom. The van der Waals surface area contributed by atoms with Gasteiger partial charge in [0.25, 0.3) is 0 Å². The molecule has 2 atom stereocenters. The molecule has 0 saturated heterocycles. The second kappa shape index (κ2) is 7.16. The van der Waals surface area contributed by atoms with Crippen LogP contribution in [0.5, 0.6) is 11.5 Å². The normalized spacial score (nSPS) is 15.7. The Kier molecular flexibility index (Phi) is 5.25. The Morgan fingerprint density at radius 1 is 1.35 bits per heavy atom. The maximum Gasteiger partial charge on any atom is 0.231 e. The summed E-state index contributed by atoms with van der Waals surface area (Å²) >= 11 is 0. The predicted octanol–water partition coefficient (Wildman–Crippen LogP) is 3.02. The van der Waals surface area contributed by atoms with Crippen molar-refractivity contribution in [2.24, 2.45) is 0 Å². The lowest BCUT2D eigenvalue weighted by molar-refractivity contribution is 0.174. The molecule has 1 aromatic carbocycles. The highest BCUT2D eigenvalue weighted by Gasteiger charge is 2.14. The first-order chi connectivity index (χ1) is 9.72. The zero-order valence-corrected chi connectivity index (χ0v) is 12.2. The molecule has 0 radical (unpaired) electrons. The monoisotopic (exact) mass is 274 g/mol. The van der Waals surface area contributed by atoms with Crippen LogP contribution in [0.25, 0.3) is 0 Å². The summed E-state index contributed by atoms with van der Waals surface area (Å²) in [5, 5.41) is 12.3. The number of aryl methyl sites for hydroxylation is 1. The van der Waals surface area contributed by atoms with Crippen molar-refractivity contribution in [3.05, 3.63) is 23.8 Å². The van der Waals surface area contributed by atoms with Gasteiger partial charge in [0.1, 0.15) is 0 Å². The van der Waals surface area contributed by atoms with E-state index in [4.69, 9.17) is 14.7 Å². The average Bonchev–Trinajstić information content (AvgIpc) is 2.92. The third-order valence-electron chi connectivity index (χ3n) is 3.65. The Labute approximate surface area is 120 Å². The molecule has 1 aliphatic heterocycles. The van der Waals surface area contributed by atoms with Crippen LogP contribution in [0.4, 0.5) is 0 Å². The lowest BCUT2D eigenvalue weighted by atomic mass is 10.0. The van der Waals surface area contributed by atoms with Gasteiger partial charge in [0.05, 0.1) is 12.5 Å². The van der Waals surface area contributed by atoms with Gasteiger partial charge in [0.15, 0.2) is 11.5 Å². The molecule has 1 aliphatic rings. The highest BCUT2D eigenvalue weighted by molar-refractivity contribution is 5.44. The van der Waals surface area contributed by atoms with Crippen LogP contribution in [-0.2, 0) is 6.42 Å². The molecule has 108 valence electrons. The first-order valence-electron chi connectivity index (χ1n) is 7.24. The molecular formula is C16H22N2O2. The van der Waals surface area contributed by atoms with Crippen LogP contribution in [-0.4, -0.2) is 18.9 Å². The molecule has 2 unspecified atom stereocenters. The third-order valence-corrected chi connectivity index (χ3v) is 3.65. The van der Waals surface area contributed by atoms with Crippen LogP contribution in [0, 0.1) is 11.3 Å². The van der Waals surface area contributed by atoms with Gasteiger partial charge >= 0.3 is 0 Å². The molecule has 4 heteroatoms. The van der Waals surface area contributed by atoms with Crippen molar-refractivity contribution in [3.63, 3.8) is 0 Å². The Balaban J connectivity index is 1.81. The van der Waals surface area contributed by atoms with Crippen LogP contribution in [0.2, 0.25) is 0 Å². The predicted molar refractivity (Wildman–Crippen MR) is 77.8 cm³/mol. The summed E-state index contributed by atoms with van der Waals surface area (Å²) in [6, 6.07) is 9.05. The molecule has 0 spiro atoms. The maximum absolute atomic E-state index is 8.76. The van der Waals surface area contributed by atoms with E-state index in [-0.39, 0.29) is 0 Å². The molecular weight excluding hydrogens is 252 g/mol.